The summed E-state index contributed by atoms with van der Waals surface area (Å²) in [4.78, 5) is 9.52. The molecule has 0 amide bonds. The van der Waals surface area contributed by atoms with Gasteiger partial charge in [-0.3, -0.25) is 4.72 Å². The Bertz CT molecular complexity index is 1360. The quantitative estimate of drug-likeness (QED) is 0.353. The number of unbranched alkanes of at least 4 members (excludes halogenated alkanes) is 1. The third-order valence-electron chi connectivity index (χ3n) is 5.23. The predicted molar refractivity (Wildman–Crippen MR) is 130 cm³/mol. The fourth-order valence-electron chi connectivity index (χ4n) is 3.45. The molecular weight excluding hydrogens is 420 g/mol. The Morgan fingerprint density at radius 1 is 1.00 bits per heavy atom. The van der Waals surface area contributed by atoms with Gasteiger partial charge in [0.2, 0.25) is 5.95 Å². The maximum Gasteiger partial charge on any atom is 0.261 e. The van der Waals surface area contributed by atoms with Crippen LogP contribution in [-0.2, 0) is 16.6 Å². The summed E-state index contributed by atoms with van der Waals surface area (Å²) in [5.74, 6) is 0.607. The van der Waals surface area contributed by atoms with E-state index in [1.54, 1.807) is 42.6 Å². The van der Waals surface area contributed by atoms with Gasteiger partial charge < -0.3 is 4.57 Å². The first-order valence-corrected chi connectivity index (χ1v) is 12.1. The molecule has 0 aliphatic heterocycles. The molecule has 32 heavy (non-hydrogen) atoms. The van der Waals surface area contributed by atoms with Crippen molar-refractivity contribution in [2.24, 2.45) is 4.99 Å². The molecule has 7 heteroatoms. The molecule has 4 rings (SSSR count). The lowest BCUT2D eigenvalue weighted by Gasteiger charge is -2.11. The number of fused-ring (bicyclic) bond motifs is 1. The van der Waals surface area contributed by atoms with Crippen LogP contribution in [0.2, 0.25) is 0 Å². The minimum atomic E-state index is -3.71. The van der Waals surface area contributed by atoms with E-state index in [1.165, 1.54) is 0 Å². The lowest BCUT2D eigenvalue weighted by atomic mass is 10.2. The number of anilines is 1. The molecule has 0 aliphatic rings. The highest BCUT2D eigenvalue weighted by Gasteiger charge is 2.15. The molecule has 1 heterocycles. The van der Waals surface area contributed by atoms with Crippen molar-refractivity contribution in [2.45, 2.75) is 38.1 Å². The fourth-order valence-corrected chi connectivity index (χ4v) is 4.54. The topological polar surface area (TPSA) is 76.3 Å². The summed E-state index contributed by atoms with van der Waals surface area (Å²) in [7, 11) is -3.71. The second-order valence-corrected chi connectivity index (χ2v) is 9.35. The van der Waals surface area contributed by atoms with Crippen molar-refractivity contribution in [1.82, 2.24) is 9.55 Å². The van der Waals surface area contributed by atoms with Gasteiger partial charge in [0.1, 0.15) is 0 Å². The zero-order chi connectivity index (χ0) is 22.6. The summed E-state index contributed by atoms with van der Waals surface area (Å²) in [5.41, 5.74) is 4.07. The molecule has 1 N–H and O–H groups in total. The lowest BCUT2D eigenvalue weighted by molar-refractivity contribution is 0.601. The van der Waals surface area contributed by atoms with E-state index in [1.807, 2.05) is 43.3 Å². The maximum absolute atomic E-state index is 12.9. The number of benzene rings is 3. The number of aryl methyl sites for hydroxylation is 2. The summed E-state index contributed by atoms with van der Waals surface area (Å²) < 4.78 is 30.5. The van der Waals surface area contributed by atoms with Crippen molar-refractivity contribution < 1.29 is 8.42 Å². The van der Waals surface area contributed by atoms with Gasteiger partial charge in [-0.2, -0.15) is 0 Å². The lowest BCUT2D eigenvalue weighted by Crippen LogP contribution is -2.14. The average Bonchev–Trinajstić information content (AvgIpc) is 3.14. The summed E-state index contributed by atoms with van der Waals surface area (Å²) in [6.45, 7) is 4.90. The van der Waals surface area contributed by atoms with Gasteiger partial charge in [0.05, 0.1) is 21.6 Å². The van der Waals surface area contributed by atoms with Gasteiger partial charge in [0, 0.05) is 18.3 Å². The van der Waals surface area contributed by atoms with Crippen LogP contribution in [0.3, 0.4) is 0 Å². The smallest absolute Gasteiger partial charge is 0.261 e. The van der Waals surface area contributed by atoms with E-state index < -0.39 is 10.0 Å². The van der Waals surface area contributed by atoms with E-state index in [0.29, 0.717) is 17.2 Å². The molecule has 0 atom stereocenters. The summed E-state index contributed by atoms with van der Waals surface area (Å²) in [6, 6.07) is 21.9. The van der Waals surface area contributed by atoms with Gasteiger partial charge in [-0.25, -0.2) is 18.4 Å². The largest absolute Gasteiger partial charge is 0.308 e. The van der Waals surface area contributed by atoms with E-state index in [0.717, 1.165) is 36.0 Å². The minimum absolute atomic E-state index is 0.219. The highest BCUT2D eigenvalue weighted by Crippen LogP contribution is 2.24. The number of hydrogen-bond acceptors (Lipinski definition) is 4. The molecular formula is C25H26N4O2S. The fraction of sp³-hybridized carbons (Fsp3) is 0.200. The second kappa shape index (κ2) is 9.36. The van der Waals surface area contributed by atoms with Crippen LogP contribution in [0.25, 0.3) is 11.0 Å². The van der Waals surface area contributed by atoms with E-state index in [-0.39, 0.29) is 4.90 Å². The SMILES string of the molecule is CCCCn1c(/N=C/c2ccccc2NS(=O)(=O)c2ccc(C)cc2)nc2ccccc21. The number of para-hydroxylation sites is 3. The Kier molecular flexibility index (Phi) is 6.37. The molecule has 0 bridgehead atoms. The van der Waals surface area contributed by atoms with Crippen LogP contribution in [0.15, 0.2) is 82.7 Å². The number of imidazole rings is 1. The number of nitrogens with zero attached hydrogens (tertiary/aromatic N) is 3. The van der Waals surface area contributed by atoms with E-state index in [2.05, 4.69) is 26.2 Å². The van der Waals surface area contributed by atoms with Crippen molar-refractivity contribution in [3.05, 3.63) is 83.9 Å². The maximum atomic E-state index is 12.9. The van der Waals surface area contributed by atoms with E-state index in [4.69, 9.17) is 0 Å². The van der Waals surface area contributed by atoms with Gasteiger partial charge in [-0.05, 0) is 43.7 Å². The summed E-state index contributed by atoms with van der Waals surface area (Å²) in [6.07, 6.45) is 3.76. The zero-order valence-corrected chi connectivity index (χ0v) is 19.0. The van der Waals surface area contributed by atoms with Crippen LogP contribution in [0.1, 0.15) is 30.9 Å². The first-order valence-electron chi connectivity index (χ1n) is 10.7. The van der Waals surface area contributed by atoms with Gasteiger partial charge in [0.15, 0.2) is 0 Å². The molecule has 164 valence electrons. The molecule has 0 spiro atoms. The number of rotatable bonds is 8. The molecule has 0 fully saturated rings. The van der Waals surface area contributed by atoms with Crippen LogP contribution in [0, 0.1) is 6.92 Å². The van der Waals surface area contributed by atoms with Crippen molar-refractivity contribution in [3.63, 3.8) is 0 Å². The monoisotopic (exact) mass is 446 g/mol. The zero-order valence-electron chi connectivity index (χ0n) is 18.2. The first-order chi connectivity index (χ1) is 15.5. The van der Waals surface area contributed by atoms with Gasteiger partial charge in [-0.15, -0.1) is 0 Å². The number of nitrogens with one attached hydrogen (secondary N) is 1. The highest BCUT2D eigenvalue weighted by molar-refractivity contribution is 7.92. The standard InChI is InChI=1S/C25H26N4O2S/c1-3-4-17-29-24-12-8-7-11-23(24)27-25(29)26-18-20-9-5-6-10-22(20)28-32(30,31)21-15-13-19(2)14-16-21/h5-16,18,28H,3-4,17H2,1-2H3/b26-18+. The number of aromatic nitrogens is 2. The van der Waals surface area contributed by atoms with Crippen LogP contribution < -0.4 is 4.72 Å². The molecule has 0 saturated carbocycles. The Morgan fingerprint density at radius 3 is 2.50 bits per heavy atom. The van der Waals surface area contributed by atoms with Crippen molar-refractivity contribution in [3.8, 4) is 0 Å². The molecule has 0 aliphatic carbocycles. The van der Waals surface area contributed by atoms with Crippen LogP contribution >= 0.6 is 0 Å². The average molecular weight is 447 g/mol. The highest BCUT2D eigenvalue weighted by atomic mass is 32.2. The van der Waals surface area contributed by atoms with Crippen LogP contribution in [0.4, 0.5) is 11.6 Å². The number of aliphatic imine (C=N–C) groups is 1. The molecule has 0 saturated heterocycles. The van der Waals surface area contributed by atoms with Crippen LogP contribution in [-0.4, -0.2) is 24.2 Å². The van der Waals surface area contributed by atoms with Crippen molar-refractivity contribution in [1.29, 1.82) is 0 Å². The second-order valence-electron chi connectivity index (χ2n) is 7.67. The molecule has 4 aromatic rings. The Hall–Kier alpha value is -3.45. The summed E-state index contributed by atoms with van der Waals surface area (Å²) in [5, 5.41) is 0. The Labute approximate surface area is 188 Å². The van der Waals surface area contributed by atoms with Crippen molar-refractivity contribution >= 4 is 38.9 Å². The third kappa shape index (κ3) is 4.73. The molecule has 3 aromatic carbocycles. The van der Waals surface area contributed by atoms with Gasteiger partial charge in [-0.1, -0.05) is 61.4 Å². The molecule has 0 radical (unpaired) electrons. The van der Waals surface area contributed by atoms with E-state index in [9.17, 15) is 8.42 Å². The molecule has 0 unspecified atom stereocenters. The molecule has 1 aromatic heterocycles. The minimum Gasteiger partial charge on any atom is -0.308 e. The summed E-state index contributed by atoms with van der Waals surface area (Å²) >= 11 is 0. The predicted octanol–water partition coefficient (Wildman–Crippen LogP) is 5.70. The number of sulfonamides is 1. The van der Waals surface area contributed by atoms with Gasteiger partial charge >= 0.3 is 0 Å². The normalized spacial score (nSPS) is 11.9. The third-order valence-corrected chi connectivity index (χ3v) is 6.61. The Balaban J connectivity index is 1.66. The number of hydrogen-bond donors (Lipinski definition) is 1. The molecule has 6 nitrogen and oxygen atoms in total. The van der Waals surface area contributed by atoms with Crippen molar-refractivity contribution in [2.75, 3.05) is 4.72 Å². The first kappa shape index (κ1) is 21.8. The van der Waals surface area contributed by atoms with E-state index >= 15 is 0 Å². The Morgan fingerprint density at radius 2 is 1.72 bits per heavy atom. The van der Waals surface area contributed by atoms with Gasteiger partial charge in [0.25, 0.3) is 10.0 Å². The van der Waals surface area contributed by atoms with Crippen LogP contribution in [0.5, 0.6) is 0 Å².